The fourth-order valence-corrected chi connectivity index (χ4v) is 4.51. The first kappa shape index (κ1) is 23.1. The van der Waals surface area contributed by atoms with Crippen molar-refractivity contribution < 1.29 is 18.7 Å². The third-order valence-corrected chi connectivity index (χ3v) is 6.60. The first-order valence-electron chi connectivity index (χ1n) is 11.4. The SMILES string of the molecule is COc1cc(N2CCC(=O)N(CC(=O)N3CCC(N(C)C)C3)CC2)ccc1-c1cnc(C)o1. The molecule has 0 saturated carbocycles. The van der Waals surface area contributed by atoms with E-state index in [0.717, 1.165) is 30.8 Å². The van der Waals surface area contributed by atoms with Crippen molar-refractivity contribution in [2.24, 2.45) is 0 Å². The molecule has 1 atom stereocenters. The number of carbonyl (C=O) groups is 2. The van der Waals surface area contributed by atoms with Gasteiger partial charge in [0.25, 0.3) is 0 Å². The van der Waals surface area contributed by atoms with E-state index in [1.54, 1.807) is 25.1 Å². The average Bonchev–Trinajstić information content (AvgIpc) is 3.43. The van der Waals surface area contributed by atoms with E-state index >= 15 is 0 Å². The van der Waals surface area contributed by atoms with Gasteiger partial charge >= 0.3 is 0 Å². The number of likely N-dealkylation sites (tertiary alicyclic amines) is 1. The van der Waals surface area contributed by atoms with Crippen LogP contribution >= 0.6 is 0 Å². The Balaban J connectivity index is 1.41. The van der Waals surface area contributed by atoms with Gasteiger partial charge in [-0.15, -0.1) is 0 Å². The van der Waals surface area contributed by atoms with E-state index in [1.165, 1.54) is 0 Å². The van der Waals surface area contributed by atoms with E-state index in [4.69, 9.17) is 9.15 Å². The first-order valence-corrected chi connectivity index (χ1v) is 11.4. The van der Waals surface area contributed by atoms with Crippen molar-refractivity contribution in [3.05, 3.63) is 30.3 Å². The maximum Gasteiger partial charge on any atom is 0.242 e. The topological polar surface area (TPSA) is 82.4 Å². The summed E-state index contributed by atoms with van der Waals surface area (Å²) in [5, 5.41) is 0. The van der Waals surface area contributed by atoms with Gasteiger partial charge in [0, 0.05) is 63.9 Å². The standard InChI is InChI=1S/C24H33N5O4/c1-17-25-14-22(33-17)20-6-5-18(13-21(20)32-4)27-10-8-23(30)29(12-11-27)16-24(31)28-9-7-19(15-28)26(2)3/h5-6,13-14,19H,7-12,15-16H2,1-4H3. The molecule has 4 rings (SSSR count). The molecule has 178 valence electrons. The van der Waals surface area contributed by atoms with Crippen molar-refractivity contribution in [3.8, 4) is 17.1 Å². The van der Waals surface area contributed by atoms with Crippen LogP contribution in [0.3, 0.4) is 0 Å². The fourth-order valence-electron chi connectivity index (χ4n) is 4.51. The number of carbonyl (C=O) groups excluding carboxylic acids is 2. The van der Waals surface area contributed by atoms with Gasteiger partial charge in [-0.1, -0.05) is 0 Å². The Morgan fingerprint density at radius 2 is 2.06 bits per heavy atom. The second-order valence-electron chi connectivity index (χ2n) is 8.93. The predicted molar refractivity (Wildman–Crippen MR) is 125 cm³/mol. The van der Waals surface area contributed by atoms with E-state index in [1.807, 2.05) is 37.2 Å². The summed E-state index contributed by atoms with van der Waals surface area (Å²) in [6.07, 6.45) is 3.04. The van der Waals surface area contributed by atoms with Crippen LogP contribution in [-0.4, -0.2) is 98.0 Å². The molecule has 9 heteroatoms. The van der Waals surface area contributed by atoms with Crippen LogP contribution in [-0.2, 0) is 9.59 Å². The molecule has 0 spiro atoms. The highest BCUT2D eigenvalue weighted by Gasteiger charge is 2.30. The summed E-state index contributed by atoms with van der Waals surface area (Å²) in [7, 11) is 5.71. The quantitative estimate of drug-likeness (QED) is 0.658. The smallest absolute Gasteiger partial charge is 0.242 e. The Morgan fingerprint density at radius 1 is 1.24 bits per heavy atom. The van der Waals surface area contributed by atoms with Crippen LogP contribution in [0.5, 0.6) is 5.75 Å². The van der Waals surface area contributed by atoms with E-state index in [-0.39, 0.29) is 18.4 Å². The molecule has 0 bridgehead atoms. The highest BCUT2D eigenvalue weighted by molar-refractivity contribution is 5.85. The number of hydrogen-bond donors (Lipinski definition) is 0. The summed E-state index contributed by atoms with van der Waals surface area (Å²) >= 11 is 0. The summed E-state index contributed by atoms with van der Waals surface area (Å²) in [4.78, 5) is 37.6. The summed E-state index contributed by atoms with van der Waals surface area (Å²) in [5.74, 6) is 2.01. The molecular formula is C24H33N5O4. The van der Waals surface area contributed by atoms with E-state index in [0.29, 0.717) is 49.5 Å². The minimum atomic E-state index is 0.0231. The lowest BCUT2D eigenvalue weighted by Crippen LogP contribution is -2.43. The number of likely N-dealkylation sites (N-methyl/N-ethyl adjacent to an activating group) is 1. The van der Waals surface area contributed by atoms with Crippen LogP contribution in [0.15, 0.2) is 28.8 Å². The lowest BCUT2D eigenvalue weighted by Gasteiger charge is -2.26. The maximum atomic E-state index is 12.8. The molecule has 2 aromatic rings. The second kappa shape index (κ2) is 9.82. The van der Waals surface area contributed by atoms with Crippen molar-refractivity contribution >= 4 is 17.5 Å². The lowest BCUT2D eigenvalue weighted by atomic mass is 10.1. The zero-order valence-electron chi connectivity index (χ0n) is 19.9. The van der Waals surface area contributed by atoms with Gasteiger partial charge in [0.15, 0.2) is 11.7 Å². The molecule has 1 unspecified atom stereocenters. The Morgan fingerprint density at radius 3 is 2.73 bits per heavy atom. The van der Waals surface area contributed by atoms with Gasteiger partial charge in [-0.3, -0.25) is 9.59 Å². The largest absolute Gasteiger partial charge is 0.496 e. The van der Waals surface area contributed by atoms with Crippen molar-refractivity contribution in [3.63, 3.8) is 0 Å². The third kappa shape index (κ3) is 5.13. The Hall–Kier alpha value is -3.07. The van der Waals surface area contributed by atoms with Crippen LogP contribution in [0.2, 0.25) is 0 Å². The number of amides is 2. The van der Waals surface area contributed by atoms with Crippen molar-refractivity contribution in [1.29, 1.82) is 0 Å². The Kier molecular flexibility index (Phi) is 6.88. The molecule has 2 saturated heterocycles. The predicted octanol–water partition coefficient (Wildman–Crippen LogP) is 1.86. The number of aromatic nitrogens is 1. The van der Waals surface area contributed by atoms with Crippen LogP contribution < -0.4 is 9.64 Å². The minimum absolute atomic E-state index is 0.0231. The molecular weight excluding hydrogens is 422 g/mol. The molecule has 0 radical (unpaired) electrons. The Bertz CT molecular complexity index is 1000. The molecule has 2 aliphatic rings. The number of methoxy groups -OCH3 is 1. The van der Waals surface area contributed by atoms with E-state index in [2.05, 4.69) is 14.8 Å². The fraction of sp³-hybridized carbons (Fsp3) is 0.542. The molecule has 9 nitrogen and oxygen atoms in total. The number of benzene rings is 1. The molecule has 3 heterocycles. The van der Waals surface area contributed by atoms with Crippen LogP contribution in [0, 0.1) is 6.92 Å². The molecule has 0 aliphatic carbocycles. The molecule has 2 fully saturated rings. The summed E-state index contributed by atoms with van der Waals surface area (Å²) < 4.78 is 11.3. The van der Waals surface area contributed by atoms with Gasteiger partial charge in [0.05, 0.1) is 25.4 Å². The minimum Gasteiger partial charge on any atom is -0.496 e. The summed E-state index contributed by atoms with van der Waals surface area (Å²) in [6, 6.07) is 6.32. The highest BCUT2D eigenvalue weighted by Crippen LogP contribution is 2.34. The van der Waals surface area contributed by atoms with Crippen molar-refractivity contribution in [2.75, 3.05) is 65.4 Å². The van der Waals surface area contributed by atoms with Gasteiger partial charge in [0.1, 0.15) is 5.75 Å². The van der Waals surface area contributed by atoms with Crippen LogP contribution in [0.1, 0.15) is 18.7 Å². The molecule has 33 heavy (non-hydrogen) atoms. The number of hydrogen-bond acceptors (Lipinski definition) is 7. The molecule has 2 amide bonds. The normalized spacial score (nSPS) is 19.4. The first-order chi connectivity index (χ1) is 15.9. The molecule has 1 aromatic heterocycles. The average molecular weight is 456 g/mol. The summed E-state index contributed by atoms with van der Waals surface area (Å²) in [6.45, 7) is 5.22. The second-order valence-corrected chi connectivity index (χ2v) is 8.93. The molecule has 1 aromatic carbocycles. The number of anilines is 1. The van der Waals surface area contributed by atoms with Crippen molar-refractivity contribution in [2.45, 2.75) is 25.8 Å². The molecule has 2 aliphatic heterocycles. The number of rotatable bonds is 6. The number of nitrogens with zero attached hydrogens (tertiary/aromatic N) is 5. The van der Waals surface area contributed by atoms with Gasteiger partial charge in [-0.05, 0) is 32.6 Å². The monoisotopic (exact) mass is 455 g/mol. The van der Waals surface area contributed by atoms with Gasteiger partial charge < -0.3 is 28.8 Å². The molecule has 0 N–H and O–H groups in total. The van der Waals surface area contributed by atoms with E-state index in [9.17, 15) is 9.59 Å². The number of aryl methyl sites for hydroxylation is 1. The number of ether oxygens (including phenoxy) is 1. The maximum absolute atomic E-state index is 12.8. The van der Waals surface area contributed by atoms with Gasteiger partial charge in [-0.25, -0.2) is 4.98 Å². The zero-order valence-corrected chi connectivity index (χ0v) is 19.9. The van der Waals surface area contributed by atoms with Crippen LogP contribution in [0.4, 0.5) is 5.69 Å². The summed E-state index contributed by atoms with van der Waals surface area (Å²) in [5.41, 5.74) is 1.81. The van der Waals surface area contributed by atoms with Crippen LogP contribution in [0.25, 0.3) is 11.3 Å². The third-order valence-electron chi connectivity index (χ3n) is 6.60. The van der Waals surface area contributed by atoms with Crippen molar-refractivity contribution in [1.82, 2.24) is 19.7 Å². The van der Waals surface area contributed by atoms with Gasteiger partial charge in [0.2, 0.25) is 11.8 Å². The van der Waals surface area contributed by atoms with Gasteiger partial charge in [-0.2, -0.15) is 0 Å². The highest BCUT2D eigenvalue weighted by atomic mass is 16.5. The number of oxazole rings is 1. The Labute approximate surface area is 194 Å². The lowest BCUT2D eigenvalue weighted by molar-refractivity contribution is -0.139. The zero-order chi connectivity index (χ0) is 23.5. The van der Waals surface area contributed by atoms with E-state index < -0.39 is 0 Å².